The van der Waals surface area contributed by atoms with E-state index in [2.05, 4.69) is 5.32 Å². The minimum absolute atomic E-state index is 0.0539. The van der Waals surface area contributed by atoms with E-state index in [-0.39, 0.29) is 17.3 Å². The van der Waals surface area contributed by atoms with E-state index in [1.165, 1.54) is 6.07 Å². The summed E-state index contributed by atoms with van der Waals surface area (Å²) in [6, 6.07) is 8.72. The maximum absolute atomic E-state index is 12.1. The van der Waals surface area contributed by atoms with E-state index in [1.807, 2.05) is 22.4 Å². The van der Waals surface area contributed by atoms with Crippen LogP contribution in [0.3, 0.4) is 0 Å². The van der Waals surface area contributed by atoms with Crippen LogP contribution in [0.15, 0.2) is 40.6 Å². The first kappa shape index (κ1) is 16.0. The van der Waals surface area contributed by atoms with Crippen LogP contribution in [0.1, 0.15) is 10.4 Å². The lowest BCUT2D eigenvalue weighted by Gasteiger charge is -2.18. The number of thiophene rings is 1. The van der Waals surface area contributed by atoms with Gasteiger partial charge < -0.3 is 10.2 Å². The van der Waals surface area contributed by atoms with Gasteiger partial charge in [0, 0.05) is 17.1 Å². The number of nitrogens with zero attached hydrogens (tertiary/aromatic N) is 1. The van der Waals surface area contributed by atoms with Gasteiger partial charge in [0.05, 0.1) is 18.0 Å². The van der Waals surface area contributed by atoms with Crippen molar-refractivity contribution in [3.63, 3.8) is 0 Å². The summed E-state index contributed by atoms with van der Waals surface area (Å²) < 4.78 is 22.8. The lowest BCUT2D eigenvalue weighted by Crippen LogP contribution is -2.35. The van der Waals surface area contributed by atoms with Crippen molar-refractivity contribution in [2.75, 3.05) is 18.0 Å². The highest BCUT2D eigenvalue weighted by atomic mass is 32.2. The Hall–Kier alpha value is -1.90. The third-order valence-electron chi connectivity index (χ3n) is 3.75. The number of anilines is 1. The van der Waals surface area contributed by atoms with Crippen LogP contribution in [0.25, 0.3) is 0 Å². The van der Waals surface area contributed by atoms with Gasteiger partial charge in [-0.15, -0.1) is 11.3 Å². The van der Waals surface area contributed by atoms with Gasteiger partial charge in [-0.3, -0.25) is 4.79 Å². The van der Waals surface area contributed by atoms with Gasteiger partial charge in [0.1, 0.15) is 0 Å². The van der Waals surface area contributed by atoms with Gasteiger partial charge in [-0.1, -0.05) is 6.07 Å². The molecule has 0 fully saturated rings. The van der Waals surface area contributed by atoms with Crippen LogP contribution in [-0.2, 0) is 27.8 Å². The Labute approximate surface area is 139 Å². The molecule has 1 aromatic heterocycles. The molecule has 8 heteroatoms. The number of fused-ring (bicyclic) bond motifs is 1. The van der Waals surface area contributed by atoms with E-state index >= 15 is 0 Å². The first-order valence-corrected chi connectivity index (χ1v) is 9.56. The predicted molar refractivity (Wildman–Crippen MR) is 89.9 cm³/mol. The van der Waals surface area contributed by atoms with Crippen molar-refractivity contribution in [2.45, 2.75) is 17.9 Å². The fourth-order valence-corrected chi connectivity index (χ4v) is 3.82. The molecule has 1 aliphatic rings. The maximum atomic E-state index is 12.1. The molecule has 1 aliphatic heterocycles. The number of nitrogens with one attached hydrogen (secondary N) is 1. The number of hydrogen-bond donors (Lipinski definition) is 2. The molecule has 23 heavy (non-hydrogen) atoms. The molecule has 0 saturated carbocycles. The average Bonchev–Trinajstić information content (AvgIpc) is 3.14. The fraction of sp³-hybridized carbons (Fsp3) is 0.267. The highest BCUT2D eigenvalue weighted by Gasteiger charge is 2.22. The molecule has 0 unspecified atom stereocenters. The lowest BCUT2D eigenvalue weighted by atomic mass is 10.2. The number of nitrogens with two attached hydrogens (primary N) is 1. The van der Waals surface area contributed by atoms with Crippen molar-refractivity contribution in [2.24, 2.45) is 5.14 Å². The van der Waals surface area contributed by atoms with Gasteiger partial charge in [0.2, 0.25) is 15.9 Å². The molecule has 3 rings (SSSR count). The summed E-state index contributed by atoms with van der Waals surface area (Å²) in [4.78, 5) is 15.2. The van der Waals surface area contributed by atoms with Crippen LogP contribution in [-0.4, -0.2) is 27.4 Å². The molecular weight excluding hydrogens is 334 g/mol. The molecule has 2 heterocycles. The number of primary sulfonamides is 1. The minimum Gasteiger partial charge on any atom is -0.362 e. The third kappa shape index (κ3) is 3.72. The van der Waals surface area contributed by atoms with Crippen molar-refractivity contribution in [3.8, 4) is 0 Å². The Morgan fingerprint density at radius 2 is 2.17 bits per heavy atom. The topological polar surface area (TPSA) is 92.5 Å². The summed E-state index contributed by atoms with van der Waals surface area (Å²) in [5.74, 6) is -0.0539. The summed E-state index contributed by atoms with van der Waals surface area (Å²) in [5, 5.41) is 10.0. The number of amides is 1. The zero-order chi connectivity index (χ0) is 16.4. The van der Waals surface area contributed by atoms with E-state index in [1.54, 1.807) is 23.5 Å². The van der Waals surface area contributed by atoms with Gasteiger partial charge in [0.15, 0.2) is 0 Å². The van der Waals surface area contributed by atoms with E-state index in [9.17, 15) is 13.2 Å². The van der Waals surface area contributed by atoms with Crippen LogP contribution < -0.4 is 15.4 Å². The third-order valence-corrected chi connectivity index (χ3v) is 5.53. The Morgan fingerprint density at radius 3 is 2.87 bits per heavy atom. The molecule has 0 spiro atoms. The van der Waals surface area contributed by atoms with E-state index in [4.69, 9.17) is 5.14 Å². The van der Waals surface area contributed by atoms with Crippen molar-refractivity contribution in [3.05, 3.63) is 46.2 Å². The predicted octanol–water partition coefficient (Wildman–Crippen LogP) is 1.07. The van der Waals surface area contributed by atoms with E-state index < -0.39 is 10.0 Å². The summed E-state index contributed by atoms with van der Waals surface area (Å²) in [5.41, 5.74) is 1.80. The molecule has 0 bridgehead atoms. The van der Waals surface area contributed by atoms with Crippen molar-refractivity contribution in [1.29, 1.82) is 0 Å². The maximum Gasteiger partial charge on any atom is 0.239 e. The lowest BCUT2D eigenvalue weighted by molar-refractivity contribution is -0.119. The molecule has 122 valence electrons. The standard InChI is InChI=1S/C15H17N3O3S2/c16-23(20,21)13-3-4-14-11(8-13)5-6-18(14)10-15(19)17-9-12-2-1-7-22-12/h1-4,7-8H,5-6,9-10H2,(H,17,19)(H2,16,20,21). The highest BCUT2D eigenvalue weighted by Crippen LogP contribution is 2.29. The number of rotatable bonds is 5. The number of hydrogen-bond acceptors (Lipinski definition) is 5. The first-order valence-electron chi connectivity index (χ1n) is 7.13. The second-order valence-electron chi connectivity index (χ2n) is 5.36. The molecule has 0 atom stereocenters. The molecule has 2 aromatic rings. The number of carbonyl (C=O) groups excluding carboxylic acids is 1. The number of sulfonamides is 1. The van der Waals surface area contributed by atoms with Gasteiger partial charge in [0.25, 0.3) is 0 Å². The Bertz CT molecular complexity index is 816. The van der Waals surface area contributed by atoms with Crippen LogP contribution in [0, 0.1) is 0 Å². The van der Waals surface area contributed by atoms with Crippen LogP contribution in [0.2, 0.25) is 0 Å². The summed E-state index contributed by atoms with van der Waals surface area (Å²) in [7, 11) is -3.70. The van der Waals surface area contributed by atoms with Crippen LogP contribution in [0.5, 0.6) is 0 Å². The molecule has 0 aliphatic carbocycles. The van der Waals surface area contributed by atoms with Crippen molar-refractivity contribution < 1.29 is 13.2 Å². The van der Waals surface area contributed by atoms with Gasteiger partial charge >= 0.3 is 0 Å². The summed E-state index contributed by atoms with van der Waals surface area (Å²) >= 11 is 1.60. The second kappa shape index (κ2) is 6.31. The SMILES string of the molecule is NS(=O)(=O)c1ccc2c(c1)CCN2CC(=O)NCc1cccs1. The van der Waals surface area contributed by atoms with Crippen LogP contribution in [0.4, 0.5) is 5.69 Å². The second-order valence-corrected chi connectivity index (χ2v) is 7.96. The summed E-state index contributed by atoms with van der Waals surface area (Å²) in [6.07, 6.45) is 0.705. The van der Waals surface area contributed by atoms with Crippen molar-refractivity contribution >= 4 is 33.0 Å². The normalized spacial score (nSPS) is 13.9. The molecular formula is C15H17N3O3S2. The zero-order valence-corrected chi connectivity index (χ0v) is 14.0. The Balaban J connectivity index is 1.64. The quantitative estimate of drug-likeness (QED) is 0.843. The summed E-state index contributed by atoms with van der Waals surface area (Å²) in [6.45, 7) is 1.48. The zero-order valence-electron chi connectivity index (χ0n) is 12.4. The number of benzene rings is 1. The monoisotopic (exact) mass is 351 g/mol. The van der Waals surface area contributed by atoms with Gasteiger partial charge in [-0.25, -0.2) is 13.6 Å². The van der Waals surface area contributed by atoms with Gasteiger partial charge in [-0.2, -0.15) is 0 Å². The molecule has 0 saturated heterocycles. The molecule has 0 radical (unpaired) electrons. The van der Waals surface area contributed by atoms with E-state index in [0.29, 0.717) is 19.5 Å². The minimum atomic E-state index is -3.70. The highest BCUT2D eigenvalue weighted by molar-refractivity contribution is 7.89. The van der Waals surface area contributed by atoms with Gasteiger partial charge in [-0.05, 0) is 41.6 Å². The fourth-order valence-electron chi connectivity index (χ4n) is 2.62. The smallest absolute Gasteiger partial charge is 0.239 e. The number of carbonyl (C=O) groups is 1. The average molecular weight is 351 g/mol. The Kier molecular flexibility index (Phi) is 4.38. The molecule has 3 N–H and O–H groups in total. The molecule has 1 amide bonds. The van der Waals surface area contributed by atoms with E-state index in [0.717, 1.165) is 16.1 Å². The van der Waals surface area contributed by atoms with Crippen molar-refractivity contribution in [1.82, 2.24) is 5.32 Å². The Morgan fingerprint density at radius 1 is 1.35 bits per heavy atom. The first-order chi connectivity index (χ1) is 10.9. The molecule has 6 nitrogen and oxygen atoms in total. The largest absolute Gasteiger partial charge is 0.362 e. The molecule has 1 aromatic carbocycles. The van der Waals surface area contributed by atoms with Crippen LogP contribution >= 0.6 is 11.3 Å².